The van der Waals surface area contributed by atoms with Crippen LogP contribution in [0.3, 0.4) is 0 Å². The van der Waals surface area contributed by atoms with E-state index in [1.54, 1.807) is 0 Å². The second-order valence-corrected chi connectivity index (χ2v) is 15.5. The van der Waals surface area contributed by atoms with Gasteiger partial charge >= 0.3 is 7.12 Å². The van der Waals surface area contributed by atoms with E-state index in [4.69, 9.17) is 9.31 Å². The highest BCUT2D eigenvalue weighted by atomic mass is 16.7. The van der Waals surface area contributed by atoms with Gasteiger partial charge in [0.05, 0.1) is 16.6 Å². The molecule has 7 aromatic carbocycles. The van der Waals surface area contributed by atoms with Gasteiger partial charge in [0.2, 0.25) is 0 Å². The third kappa shape index (κ3) is 4.69. The van der Waals surface area contributed by atoms with E-state index in [-0.39, 0.29) is 0 Å². The summed E-state index contributed by atoms with van der Waals surface area (Å²) in [5.41, 5.74) is 15.6. The molecule has 0 amide bonds. The molecule has 1 fully saturated rings. The summed E-state index contributed by atoms with van der Waals surface area (Å²) in [4.78, 5) is 2.38. The Balaban J connectivity index is 1.19. The van der Waals surface area contributed by atoms with E-state index in [0.717, 1.165) is 22.5 Å². The summed E-state index contributed by atoms with van der Waals surface area (Å²) in [6, 6.07) is 62.1. The van der Waals surface area contributed by atoms with Gasteiger partial charge in [0.25, 0.3) is 0 Å². The molecule has 1 unspecified atom stereocenters. The predicted molar refractivity (Wildman–Crippen MR) is 219 cm³/mol. The molecule has 0 aromatic heterocycles. The lowest BCUT2D eigenvalue weighted by Gasteiger charge is -2.32. The molecule has 0 bridgehead atoms. The minimum Gasteiger partial charge on any atom is -0.399 e. The van der Waals surface area contributed by atoms with Gasteiger partial charge in [0, 0.05) is 17.1 Å². The van der Waals surface area contributed by atoms with Crippen molar-refractivity contribution in [2.45, 2.75) is 44.3 Å². The van der Waals surface area contributed by atoms with Crippen molar-refractivity contribution in [2.24, 2.45) is 0 Å². The van der Waals surface area contributed by atoms with Crippen molar-refractivity contribution in [3.05, 3.63) is 192 Å². The average molecular weight is 686 g/mol. The van der Waals surface area contributed by atoms with E-state index in [0.29, 0.717) is 0 Å². The fourth-order valence-corrected chi connectivity index (χ4v) is 8.87. The number of para-hydroxylation sites is 1. The Kier molecular flexibility index (Phi) is 7.05. The van der Waals surface area contributed by atoms with Crippen LogP contribution in [-0.2, 0) is 14.7 Å². The molecule has 1 atom stereocenters. The molecule has 4 heteroatoms. The van der Waals surface area contributed by atoms with Crippen molar-refractivity contribution in [1.29, 1.82) is 0 Å². The maximum Gasteiger partial charge on any atom is 0.494 e. The molecule has 0 N–H and O–H groups in total. The van der Waals surface area contributed by atoms with Gasteiger partial charge < -0.3 is 14.2 Å². The number of fused-ring (bicyclic) bond motifs is 10. The van der Waals surface area contributed by atoms with Crippen LogP contribution in [0, 0.1) is 0 Å². The maximum absolute atomic E-state index is 6.63. The third-order valence-electron chi connectivity index (χ3n) is 12.1. The van der Waals surface area contributed by atoms with Gasteiger partial charge in [0.1, 0.15) is 0 Å². The molecule has 1 saturated heterocycles. The van der Waals surface area contributed by atoms with Crippen LogP contribution in [0.4, 0.5) is 17.1 Å². The van der Waals surface area contributed by atoms with Gasteiger partial charge in [-0.1, -0.05) is 133 Å². The van der Waals surface area contributed by atoms with Crippen LogP contribution in [-0.4, -0.2) is 18.3 Å². The average Bonchev–Trinajstić information content (AvgIpc) is 3.74. The normalized spacial score (nSPS) is 18.4. The summed E-state index contributed by atoms with van der Waals surface area (Å²) in [6.07, 6.45) is 0. The van der Waals surface area contributed by atoms with Crippen LogP contribution in [0.25, 0.3) is 33.4 Å². The zero-order valence-electron chi connectivity index (χ0n) is 30.5. The fourth-order valence-electron chi connectivity index (χ4n) is 8.87. The summed E-state index contributed by atoms with van der Waals surface area (Å²) >= 11 is 0. The molecule has 1 spiro atoms. The number of benzene rings is 7. The fraction of sp³-hybridized carbons (Fsp3) is 0.143. The molecule has 0 radical (unpaired) electrons. The first-order chi connectivity index (χ1) is 25.8. The summed E-state index contributed by atoms with van der Waals surface area (Å²) in [6.45, 7) is 8.49. The summed E-state index contributed by atoms with van der Waals surface area (Å²) in [7, 11) is -0.457. The first-order valence-electron chi connectivity index (χ1n) is 18.6. The van der Waals surface area contributed by atoms with Gasteiger partial charge in [0.15, 0.2) is 0 Å². The zero-order valence-corrected chi connectivity index (χ0v) is 30.5. The molecule has 3 aliphatic rings. The molecule has 1 aliphatic heterocycles. The van der Waals surface area contributed by atoms with Gasteiger partial charge in [-0.25, -0.2) is 0 Å². The Morgan fingerprint density at radius 2 is 0.849 bits per heavy atom. The number of hydrogen-bond donors (Lipinski definition) is 0. The highest BCUT2D eigenvalue weighted by Crippen LogP contribution is 2.63. The molecular weight excluding hydrogens is 645 g/mol. The van der Waals surface area contributed by atoms with Gasteiger partial charge in [-0.2, -0.15) is 0 Å². The molecule has 1 heterocycles. The smallest absolute Gasteiger partial charge is 0.399 e. The van der Waals surface area contributed by atoms with Gasteiger partial charge in [-0.05, 0) is 125 Å². The highest BCUT2D eigenvalue weighted by molar-refractivity contribution is 6.62. The first kappa shape index (κ1) is 32.0. The van der Waals surface area contributed by atoms with Crippen molar-refractivity contribution in [3.8, 4) is 33.4 Å². The topological polar surface area (TPSA) is 21.7 Å². The molecule has 2 aliphatic carbocycles. The van der Waals surface area contributed by atoms with E-state index in [9.17, 15) is 0 Å². The van der Waals surface area contributed by atoms with Gasteiger partial charge in [-0.3, -0.25) is 0 Å². The largest absolute Gasteiger partial charge is 0.494 e. The number of anilines is 3. The van der Waals surface area contributed by atoms with Crippen molar-refractivity contribution in [3.63, 3.8) is 0 Å². The van der Waals surface area contributed by atoms with Crippen molar-refractivity contribution in [2.75, 3.05) is 4.90 Å². The molecule has 256 valence electrons. The third-order valence-corrected chi connectivity index (χ3v) is 12.1. The van der Waals surface area contributed by atoms with Crippen molar-refractivity contribution >= 4 is 29.6 Å². The SMILES string of the molecule is CC1(C)OB(c2ccc3c(c2)C2(c4ccccc4-3)c3ccccc3-c3ccc(N(c4ccccc4)c4ccc(-c5ccccc5)cc4)cc32)OC1(C)C. The quantitative estimate of drug-likeness (QED) is 0.168. The lowest BCUT2D eigenvalue weighted by atomic mass is 9.68. The molecular formula is C49H40BNO2. The Morgan fingerprint density at radius 1 is 0.396 bits per heavy atom. The molecule has 7 aromatic rings. The number of rotatable bonds is 5. The van der Waals surface area contributed by atoms with Crippen molar-refractivity contribution in [1.82, 2.24) is 0 Å². The van der Waals surface area contributed by atoms with E-state index in [1.165, 1.54) is 55.6 Å². The Morgan fingerprint density at radius 3 is 1.47 bits per heavy atom. The van der Waals surface area contributed by atoms with Gasteiger partial charge in [-0.15, -0.1) is 0 Å². The van der Waals surface area contributed by atoms with Crippen LogP contribution in [0.2, 0.25) is 0 Å². The first-order valence-corrected chi connectivity index (χ1v) is 18.6. The van der Waals surface area contributed by atoms with Crippen molar-refractivity contribution < 1.29 is 9.31 Å². The zero-order chi connectivity index (χ0) is 36.0. The standard InChI is InChI=1S/C49H40BNO2/c1-47(2)48(3,4)53-50(52-47)35-25-29-41-39-19-11-13-21-43(39)49(45(41)31-35)44-22-14-12-20-40(44)42-30-28-38(32-46(42)49)51(36-17-9-6-10-18-36)37-26-23-34(24-27-37)33-15-7-5-8-16-33/h5-32H,1-4H3. The number of nitrogens with zero attached hydrogens (tertiary/aromatic N) is 1. The Labute approximate surface area is 312 Å². The summed E-state index contributed by atoms with van der Waals surface area (Å²) in [5.74, 6) is 0. The second-order valence-electron chi connectivity index (χ2n) is 15.5. The second kappa shape index (κ2) is 11.7. The van der Waals surface area contributed by atoms with Crippen LogP contribution < -0.4 is 10.4 Å². The van der Waals surface area contributed by atoms with E-state index in [1.807, 2.05) is 0 Å². The Hall–Kier alpha value is -5.68. The molecule has 3 nitrogen and oxygen atoms in total. The van der Waals surface area contributed by atoms with E-state index in [2.05, 4.69) is 202 Å². The Bertz CT molecular complexity index is 2500. The predicted octanol–water partition coefficient (Wildman–Crippen LogP) is 11.5. The van der Waals surface area contributed by atoms with Crippen LogP contribution in [0.1, 0.15) is 49.9 Å². The molecule has 10 rings (SSSR count). The van der Waals surface area contributed by atoms with Crippen LogP contribution in [0.5, 0.6) is 0 Å². The monoisotopic (exact) mass is 685 g/mol. The minimum absolute atomic E-state index is 0.432. The maximum atomic E-state index is 6.63. The van der Waals surface area contributed by atoms with Crippen LogP contribution in [0.15, 0.2) is 170 Å². The minimum atomic E-state index is -0.521. The highest BCUT2D eigenvalue weighted by Gasteiger charge is 2.54. The van der Waals surface area contributed by atoms with E-state index < -0.39 is 23.7 Å². The van der Waals surface area contributed by atoms with Crippen LogP contribution >= 0.6 is 0 Å². The lowest BCUT2D eigenvalue weighted by Crippen LogP contribution is -2.41. The summed E-state index contributed by atoms with van der Waals surface area (Å²) in [5, 5.41) is 0. The molecule has 0 saturated carbocycles. The molecule has 53 heavy (non-hydrogen) atoms. The summed E-state index contributed by atoms with van der Waals surface area (Å²) < 4.78 is 13.3. The lowest BCUT2D eigenvalue weighted by molar-refractivity contribution is 0.00578. The van der Waals surface area contributed by atoms with E-state index >= 15 is 0 Å². The number of hydrogen-bond acceptors (Lipinski definition) is 3.